The van der Waals surface area contributed by atoms with Crippen molar-refractivity contribution in [2.45, 2.75) is 88.8 Å². The van der Waals surface area contributed by atoms with E-state index in [0.717, 1.165) is 19.3 Å². The number of hydrogen-bond donors (Lipinski definition) is 2. The lowest BCUT2D eigenvalue weighted by molar-refractivity contribution is -0.143. The topological polar surface area (TPSA) is 81.1 Å². The third-order valence-electron chi connectivity index (χ3n) is 6.85. The predicted octanol–water partition coefficient (Wildman–Crippen LogP) is 5.54. The van der Waals surface area contributed by atoms with Gasteiger partial charge in [0.2, 0.25) is 5.91 Å². The van der Waals surface area contributed by atoms with E-state index in [-0.39, 0.29) is 11.9 Å². The van der Waals surface area contributed by atoms with Crippen molar-refractivity contribution >= 4 is 35.2 Å². The Labute approximate surface area is 200 Å². The largest absolute Gasteiger partial charge is 0.465 e. The van der Waals surface area contributed by atoms with Gasteiger partial charge in [-0.15, -0.1) is 0 Å². The minimum Gasteiger partial charge on any atom is -0.465 e. The molecule has 2 amide bonds. The van der Waals surface area contributed by atoms with Crippen molar-refractivity contribution in [3.63, 3.8) is 0 Å². The van der Waals surface area contributed by atoms with Gasteiger partial charge in [-0.25, -0.2) is 4.79 Å². The van der Waals surface area contributed by atoms with Gasteiger partial charge in [-0.2, -0.15) is 0 Å². The molecule has 0 bridgehead atoms. The van der Waals surface area contributed by atoms with Crippen LogP contribution in [0.3, 0.4) is 0 Å². The van der Waals surface area contributed by atoms with Gasteiger partial charge in [0.25, 0.3) is 0 Å². The van der Waals surface area contributed by atoms with E-state index in [9.17, 15) is 19.8 Å². The first-order valence-corrected chi connectivity index (χ1v) is 12.2. The standard InChI is InChI=1S/C24H34Cl2N2O4/c1-23(2,3)28(22(30)31)17-9-13-27(14-10-17)21(29)20(24(32)11-5-4-6-12-24)16-7-8-18(25)19(26)15-16/h7-8,15,17,20,32H,4-6,9-14H2,1-3H3,(H,30,31). The molecule has 1 aliphatic carbocycles. The molecule has 6 nitrogen and oxygen atoms in total. The molecule has 2 N–H and O–H groups in total. The van der Waals surface area contributed by atoms with Crippen molar-refractivity contribution in [3.8, 4) is 0 Å². The molecule has 1 unspecified atom stereocenters. The van der Waals surface area contributed by atoms with Gasteiger partial charge in [0.1, 0.15) is 0 Å². The SMILES string of the molecule is CC(C)(C)N(C(=O)O)C1CCN(C(=O)C(c2ccc(Cl)c(Cl)c2)C2(O)CCCCC2)CC1. The van der Waals surface area contributed by atoms with Crippen LogP contribution in [-0.4, -0.2) is 62.3 Å². The highest BCUT2D eigenvalue weighted by Gasteiger charge is 2.46. The zero-order valence-corrected chi connectivity index (χ0v) is 20.6. The molecule has 1 saturated heterocycles. The van der Waals surface area contributed by atoms with Gasteiger partial charge >= 0.3 is 6.09 Å². The summed E-state index contributed by atoms with van der Waals surface area (Å²) in [7, 11) is 0. The van der Waals surface area contributed by atoms with Crippen LogP contribution in [0.1, 0.15) is 77.2 Å². The molecule has 0 radical (unpaired) electrons. The molecule has 8 heteroatoms. The highest BCUT2D eigenvalue weighted by atomic mass is 35.5. The maximum atomic E-state index is 13.8. The number of halogens is 2. The number of carboxylic acid groups (broad SMARTS) is 1. The Morgan fingerprint density at radius 1 is 1.09 bits per heavy atom. The van der Waals surface area contributed by atoms with Crippen molar-refractivity contribution in [3.05, 3.63) is 33.8 Å². The summed E-state index contributed by atoms with van der Waals surface area (Å²) >= 11 is 12.4. The summed E-state index contributed by atoms with van der Waals surface area (Å²) in [5, 5.41) is 22.0. The van der Waals surface area contributed by atoms with Gasteiger partial charge in [-0.05, 0) is 64.2 Å². The van der Waals surface area contributed by atoms with Gasteiger partial charge in [0.05, 0.1) is 21.6 Å². The van der Waals surface area contributed by atoms with Gasteiger partial charge in [-0.1, -0.05) is 48.5 Å². The van der Waals surface area contributed by atoms with Gasteiger partial charge in [-0.3, -0.25) is 4.79 Å². The number of aliphatic hydroxyl groups is 1. The molecule has 0 aromatic heterocycles. The van der Waals surface area contributed by atoms with Crippen LogP contribution in [0, 0.1) is 0 Å². The molecule has 1 atom stereocenters. The molecule has 1 aromatic carbocycles. The van der Waals surface area contributed by atoms with Crippen LogP contribution in [0.25, 0.3) is 0 Å². The molecule has 32 heavy (non-hydrogen) atoms. The van der Waals surface area contributed by atoms with Crippen molar-refractivity contribution < 1.29 is 19.8 Å². The van der Waals surface area contributed by atoms with Crippen molar-refractivity contribution in [2.24, 2.45) is 0 Å². The fourth-order valence-corrected chi connectivity index (χ4v) is 5.65. The summed E-state index contributed by atoms with van der Waals surface area (Å²) in [5.41, 5.74) is -0.956. The molecule has 1 aliphatic heterocycles. The first-order valence-electron chi connectivity index (χ1n) is 11.4. The first kappa shape index (κ1) is 25.1. The maximum absolute atomic E-state index is 13.8. The predicted molar refractivity (Wildman–Crippen MR) is 126 cm³/mol. The van der Waals surface area contributed by atoms with Crippen LogP contribution in [0.2, 0.25) is 10.0 Å². The highest BCUT2D eigenvalue weighted by molar-refractivity contribution is 6.42. The number of carbonyl (C=O) groups is 2. The average molecular weight is 485 g/mol. The van der Waals surface area contributed by atoms with E-state index < -0.39 is 23.2 Å². The monoisotopic (exact) mass is 484 g/mol. The zero-order valence-electron chi connectivity index (χ0n) is 19.1. The summed E-state index contributed by atoms with van der Waals surface area (Å²) < 4.78 is 0. The van der Waals surface area contributed by atoms with Crippen LogP contribution in [-0.2, 0) is 4.79 Å². The molecule has 1 aromatic rings. The van der Waals surface area contributed by atoms with E-state index in [4.69, 9.17) is 23.2 Å². The number of amides is 2. The molecule has 0 spiro atoms. The molecule has 2 fully saturated rings. The molecule has 2 aliphatic rings. The summed E-state index contributed by atoms with van der Waals surface area (Å²) in [6.45, 7) is 6.57. The van der Waals surface area contributed by atoms with Crippen LogP contribution in [0.15, 0.2) is 18.2 Å². The zero-order chi connectivity index (χ0) is 23.7. The van der Waals surface area contributed by atoms with Gasteiger partial charge in [0, 0.05) is 24.7 Å². The Balaban J connectivity index is 1.83. The quantitative estimate of drug-likeness (QED) is 0.587. The lowest BCUT2D eigenvalue weighted by Crippen LogP contribution is -2.56. The Bertz CT molecular complexity index is 841. The minimum atomic E-state index is -1.12. The van der Waals surface area contributed by atoms with Crippen molar-refractivity contribution in [2.75, 3.05) is 13.1 Å². The summed E-state index contributed by atoms with van der Waals surface area (Å²) in [4.78, 5) is 28.9. The molecular formula is C24H34Cl2N2O4. The van der Waals surface area contributed by atoms with Crippen LogP contribution in [0.4, 0.5) is 4.79 Å². The minimum absolute atomic E-state index is 0.121. The van der Waals surface area contributed by atoms with E-state index >= 15 is 0 Å². The summed E-state index contributed by atoms with van der Waals surface area (Å²) in [5.74, 6) is -0.837. The van der Waals surface area contributed by atoms with E-state index in [0.29, 0.717) is 54.4 Å². The third-order valence-corrected chi connectivity index (χ3v) is 7.59. The third kappa shape index (κ3) is 5.35. The molecule has 3 rings (SSSR count). The lowest BCUT2D eigenvalue weighted by Gasteiger charge is -2.45. The fraction of sp³-hybridized carbons (Fsp3) is 0.667. The Kier molecular flexibility index (Phi) is 7.68. The van der Waals surface area contributed by atoms with Crippen molar-refractivity contribution in [1.82, 2.24) is 9.80 Å². The van der Waals surface area contributed by atoms with E-state index in [2.05, 4.69) is 0 Å². The molecule has 178 valence electrons. The number of piperidine rings is 1. The normalized spacial score (nSPS) is 20.6. The van der Waals surface area contributed by atoms with Gasteiger partial charge in [0.15, 0.2) is 0 Å². The second kappa shape index (κ2) is 9.78. The number of likely N-dealkylation sites (tertiary alicyclic amines) is 1. The number of benzene rings is 1. The maximum Gasteiger partial charge on any atom is 0.407 e. The Morgan fingerprint density at radius 2 is 1.69 bits per heavy atom. The van der Waals surface area contributed by atoms with Crippen LogP contribution in [0.5, 0.6) is 0 Å². The smallest absolute Gasteiger partial charge is 0.407 e. The van der Waals surface area contributed by atoms with Crippen molar-refractivity contribution in [1.29, 1.82) is 0 Å². The second-order valence-electron chi connectivity index (χ2n) is 10.2. The average Bonchev–Trinajstić information content (AvgIpc) is 2.70. The first-order chi connectivity index (χ1) is 14.9. The molecular weight excluding hydrogens is 451 g/mol. The second-order valence-corrected chi connectivity index (χ2v) is 11.0. The van der Waals surface area contributed by atoms with E-state index in [1.165, 1.54) is 4.90 Å². The summed E-state index contributed by atoms with van der Waals surface area (Å²) in [6.07, 6.45) is 4.14. The molecule has 1 heterocycles. The number of rotatable bonds is 4. The number of hydrogen-bond acceptors (Lipinski definition) is 3. The van der Waals surface area contributed by atoms with E-state index in [1.807, 2.05) is 20.8 Å². The van der Waals surface area contributed by atoms with Gasteiger partial charge < -0.3 is 20.0 Å². The summed E-state index contributed by atoms with van der Waals surface area (Å²) in [6, 6.07) is 5.00. The fourth-order valence-electron chi connectivity index (χ4n) is 5.35. The lowest BCUT2D eigenvalue weighted by atomic mass is 9.72. The highest BCUT2D eigenvalue weighted by Crippen LogP contribution is 2.42. The van der Waals surface area contributed by atoms with Crippen LogP contribution >= 0.6 is 23.2 Å². The Morgan fingerprint density at radius 3 is 2.19 bits per heavy atom. The Hall–Kier alpha value is -1.50. The van der Waals surface area contributed by atoms with Crippen LogP contribution < -0.4 is 0 Å². The number of nitrogens with zero attached hydrogens (tertiary/aromatic N) is 2. The number of carbonyl (C=O) groups excluding carboxylic acids is 1. The molecule has 1 saturated carbocycles. The van der Waals surface area contributed by atoms with E-state index in [1.54, 1.807) is 23.1 Å².